The molecular formula is C8H8ClNOS. The molecule has 0 unspecified atom stereocenters. The molecule has 2 nitrogen and oxygen atoms in total. The Morgan fingerprint density at radius 3 is 2.67 bits per heavy atom. The summed E-state index contributed by atoms with van der Waals surface area (Å²) in [7, 11) is 1.78. The molecule has 1 heterocycles. The maximum atomic E-state index is 11.3. The first-order valence-electron chi connectivity index (χ1n) is 3.34. The van der Waals surface area contributed by atoms with Gasteiger partial charge < -0.3 is 0 Å². The molecule has 2 aromatic rings. The number of fused-ring (bicyclic) bond motifs is 1. The van der Waals surface area contributed by atoms with E-state index in [0.29, 0.717) is 0 Å². The largest absolute Gasteiger partial charge is 0.268 e. The molecule has 2 rings (SSSR count). The normalized spacial score (nSPS) is 9.75. The van der Waals surface area contributed by atoms with Crippen LogP contribution in [-0.2, 0) is 7.05 Å². The molecule has 12 heavy (non-hydrogen) atoms. The van der Waals surface area contributed by atoms with Gasteiger partial charge in [-0.15, -0.1) is 12.4 Å². The van der Waals surface area contributed by atoms with Crippen molar-refractivity contribution < 1.29 is 0 Å². The van der Waals surface area contributed by atoms with E-state index in [4.69, 9.17) is 0 Å². The van der Waals surface area contributed by atoms with Crippen molar-refractivity contribution in [1.29, 1.82) is 0 Å². The lowest BCUT2D eigenvalue weighted by Gasteiger charge is -1.79. The van der Waals surface area contributed by atoms with E-state index in [0.717, 1.165) is 10.1 Å². The minimum Gasteiger partial charge on any atom is -0.268 e. The Bertz CT molecular complexity index is 445. The van der Waals surface area contributed by atoms with Crippen molar-refractivity contribution in [2.45, 2.75) is 0 Å². The molecule has 0 atom stereocenters. The van der Waals surface area contributed by atoms with Gasteiger partial charge in [-0.3, -0.25) is 8.75 Å². The molecule has 0 amide bonds. The highest BCUT2D eigenvalue weighted by molar-refractivity contribution is 7.13. The third-order valence-corrected chi connectivity index (χ3v) is 2.63. The molecule has 0 aliphatic carbocycles. The molecule has 0 N–H and O–H groups in total. The summed E-state index contributed by atoms with van der Waals surface area (Å²) in [4.78, 5) is 11.3. The summed E-state index contributed by atoms with van der Waals surface area (Å²) in [5.41, 5.74) is 0.102. The van der Waals surface area contributed by atoms with Crippen molar-refractivity contribution in [2.75, 3.05) is 0 Å². The lowest BCUT2D eigenvalue weighted by atomic mass is 10.3. The molecule has 0 radical (unpaired) electrons. The Kier molecular flexibility index (Phi) is 2.55. The molecule has 0 saturated heterocycles. The van der Waals surface area contributed by atoms with Gasteiger partial charge in [0.15, 0.2) is 0 Å². The Hall–Kier alpha value is -0.800. The first kappa shape index (κ1) is 9.29. The van der Waals surface area contributed by atoms with Crippen molar-refractivity contribution in [3.63, 3.8) is 0 Å². The maximum absolute atomic E-state index is 11.3. The second kappa shape index (κ2) is 3.29. The second-order valence-electron chi connectivity index (χ2n) is 2.39. The third kappa shape index (κ3) is 1.26. The van der Waals surface area contributed by atoms with Gasteiger partial charge in [0.1, 0.15) is 0 Å². The predicted octanol–water partition coefficient (Wildman–Crippen LogP) is 2.02. The molecule has 0 aliphatic rings. The average Bonchev–Trinajstić information content (AvgIpc) is 2.30. The van der Waals surface area contributed by atoms with E-state index in [1.807, 2.05) is 24.3 Å². The van der Waals surface area contributed by atoms with Crippen LogP contribution in [0.4, 0.5) is 0 Å². The number of halogens is 1. The lowest BCUT2D eigenvalue weighted by molar-refractivity contribution is 0.989. The van der Waals surface area contributed by atoms with E-state index in [9.17, 15) is 4.79 Å². The van der Waals surface area contributed by atoms with Crippen LogP contribution < -0.4 is 5.56 Å². The molecule has 0 spiro atoms. The average molecular weight is 202 g/mol. The topological polar surface area (TPSA) is 22.0 Å². The number of aromatic nitrogens is 1. The first-order valence-corrected chi connectivity index (χ1v) is 4.11. The summed E-state index contributed by atoms with van der Waals surface area (Å²) in [6.45, 7) is 0. The van der Waals surface area contributed by atoms with Crippen molar-refractivity contribution in [3.8, 4) is 0 Å². The van der Waals surface area contributed by atoms with Crippen molar-refractivity contribution in [2.24, 2.45) is 7.05 Å². The highest BCUT2D eigenvalue weighted by Crippen LogP contribution is 2.13. The lowest BCUT2D eigenvalue weighted by Crippen LogP contribution is -2.07. The van der Waals surface area contributed by atoms with Gasteiger partial charge in [-0.2, -0.15) is 0 Å². The summed E-state index contributed by atoms with van der Waals surface area (Å²) >= 11 is 1.48. The van der Waals surface area contributed by atoms with Crippen LogP contribution in [0.2, 0.25) is 0 Å². The quantitative estimate of drug-likeness (QED) is 0.639. The zero-order chi connectivity index (χ0) is 7.84. The number of aryl methyl sites for hydroxylation is 1. The van der Waals surface area contributed by atoms with Gasteiger partial charge in [0.05, 0.1) is 10.1 Å². The molecule has 64 valence electrons. The van der Waals surface area contributed by atoms with Crippen molar-refractivity contribution >= 4 is 34.0 Å². The van der Waals surface area contributed by atoms with Crippen molar-refractivity contribution in [1.82, 2.24) is 3.96 Å². The van der Waals surface area contributed by atoms with E-state index in [-0.39, 0.29) is 18.0 Å². The highest BCUT2D eigenvalue weighted by atomic mass is 35.5. The fraction of sp³-hybridized carbons (Fsp3) is 0.125. The summed E-state index contributed by atoms with van der Waals surface area (Å²) in [5.74, 6) is 0. The number of hydrogen-bond acceptors (Lipinski definition) is 2. The van der Waals surface area contributed by atoms with Gasteiger partial charge in [-0.25, -0.2) is 0 Å². The van der Waals surface area contributed by atoms with Crippen molar-refractivity contribution in [3.05, 3.63) is 34.6 Å². The molecule has 1 aromatic carbocycles. The van der Waals surface area contributed by atoms with Gasteiger partial charge in [-0.05, 0) is 12.1 Å². The van der Waals surface area contributed by atoms with Gasteiger partial charge in [-0.1, -0.05) is 23.7 Å². The minimum absolute atomic E-state index is 0. The first-order chi connectivity index (χ1) is 5.29. The Balaban J connectivity index is 0.000000720. The van der Waals surface area contributed by atoms with Crippen LogP contribution in [0.3, 0.4) is 0 Å². The monoisotopic (exact) mass is 201 g/mol. The molecule has 1 aromatic heterocycles. The van der Waals surface area contributed by atoms with E-state index >= 15 is 0 Å². The summed E-state index contributed by atoms with van der Waals surface area (Å²) < 4.78 is 2.70. The van der Waals surface area contributed by atoms with Gasteiger partial charge in [0.25, 0.3) is 5.56 Å². The Morgan fingerprint density at radius 1 is 1.33 bits per heavy atom. The molecule has 4 heteroatoms. The number of nitrogens with zero attached hydrogens (tertiary/aromatic N) is 1. The van der Waals surface area contributed by atoms with Gasteiger partial charge in [0.2, 0.25) is 0 Å². The zero-order valence-corrected chi connectivity index (χ0v) is 8.11. The summed E-state index contributed by atoms with van der Waals surface area (Å²) in [6.07, 6.45) is 0. The number of rotatable bonds is 0. The van der Waals surface area contributed by atoms with E-state index in [1.165, 1.54) is 11.5 Å². The van der Waals surface area contributed by atoms with Crippen LogP contribution in [0.15, 0.2) is 29.1 Å². The van der Waals surface area contributed by atoms with E-state index in [1.54, 1.807) is 11.0 Å². The molecule has 0 aliphatic heterocycles. The van der Waals surface area contributed by atoms with Crippen LogP contribution in [0.25, 0.3) is 10.1 Å². The smallest absolute Gasteiger partial charge is 0.268 e. The van der Waals surface area contributed by atoms with E-state index in [2.05, 4.69) is 0 Å². The Morgan fingerprint density at radius 2 is 2.00 bits per heavy atom. The van der Waals surface area contributed by atoms with Crippen LogP contribution in [0, 0.1) is 0 Å². The van der Waals surface area contributed by atoms with Crippen LogP contribution >= 0.6 is 23.9 Å². The maximum Gasteiger partial charge on any atom is 0.268 e. The molecule has 0 saturated carbocycles. The van der Waals surface area contributed by atoms with Gasteiger partial charge in [0, 0.05) is 7.05 Å². The Labute approximate surface area is 80.0 Å². The van der Waals surface area contributed by atoms with Crippen LogP contribution in [0.5, 0.6) is 0 Å². The fourth-order valence-corrected chi connectivity index (χ4v) is 1.95. The van der Waals surface area contributed by atoms with E-state index < -0.39 is 0 Å². The van der Waals surface area contributed by atoms with Crippen LogP contribution in [-0.4, -0.2) is 3.96 Å². The predicted molar refractivity (Wildman–Crippen MR) is 54.3 cm³/mol. The standard InChI is InChI=1S/C8H7NOS.ClH/c1-9-8(10)6-4-2-3-5-7(6)11-9;/h2-5H,1H3;1H. The molecule has 0 bridgehead atoms. The number of benzene rings is 1. The molecule has 0 fully saturated rings. The second-order valence-corrected chi connectivity index (χ2v) is 3.56. The van der Waals surface area contributed by atoms with Crippen LogP contribution in [0.1, 0.15) is 0 Å². The zero-order valence-electron chi connectivity index (χ0n) is 6.48. The highest BCUT2D eigenvalue weighted by Gasteiger charge is 2.01. The summed E-state index contributed by atoms with van der Waals surface area (Å²) in [5, 5.41) is 0.819. The fourth-order valence-electron chi connectivity index (χ4n) is 1.08. The SMILES string of the molecule is Cl.Cn1sc2ccccc2c1=O. The number of hydrogen-bond donors (Lipinski definition) is 0. The molecular weight excluding hydrogens is 194 g/mol. The third-order valence-electron chi connectivity index (χ3n) is 1.64. The minimum atomic E-state index is 0. The van der Waals surface area contributed by atoms with Gasteiger partial charge >= 0.3 is 0 Å². The summed E-state index contributed by atoms with van der Waals surface area (Å²) in [6, 6.07) is 7.64.